The van der Waals surface area contributed by atoms with Gasteiger partial charge in [0.25, 0.3) is 0 Å². The van der Waals surface area contributed by atoms with Crippen LogP contribution in [-0.4, -0.2) is 33.6 Å². The zero-order chi connectivity index (χ0) is 23.4. The van der Waals surface area contributed by atoms with Gasteiger partial charge in [-0.25, -0.2) is 22.5 Å². The van der Waals surface area contributed by atoms with E-state index in [0.29, 0.717) is 5.92 Å². The van der Waals surface area contributed by atoms with Gasteiger partial charge in [0.2, 0.25) is 10.9 Å². The van der Waals surface area contributed by atoms with Crippen molar-refractivity contribution in [3.63, 3.8) is 0 Å². The van der Waals surface area contributed by atoms with E-state index in [2.05, 4.69) is 29.2 Å². The molecule has 1 heterocycles. The number of thiazole rings is 1. The molecule has 0 spiro atoms. The van der Waals surface area contributed by atoms with E-state index in [1.165, 1.54) is 81.4 Å². The third-order valence-corrected chi connectivity index (χ3v) is 7.56. The van der Waals surface area contributed by atoms with E-state index in [1.54, 1.807) is 5.38 Å². The Labute approximate surface area is 199 Å². The van der Waals surface area contributed by atoms with Crippen molar-refractivity contribution < 1.29 is 22.7 Å². The van der Waals surface area contributed by atoms with Crippen molar-refractivity contribution in [3.05, 3.63) is 59.0 Å². The Bertz CT molecular complexity index is 1190. The first-order valence-electron chi connectivity index (χ1n) is 10.8. The highest BCUT2D eigenvalue weighted by atomic mass is 32.2. The normalized spacial score (nSPS) is 14.3. The minimum absolute atomic E-state index is 0.225. The van der Waals surface area contributed by atoms with Crippen LogP contribution in [-0.2, 0) is 15.6 Å². The van der Waals surface area contributed by atoms with Crippen molar-refractivity contribution in [1.82, 2.24) is 4.98 Å². The van der Waals surface area contributed by atoms with E-state index >= 15 is 0 Å². The fourth-order valence-electron chi connectivity index (χ4n) is 4.22. The number of esters is 1. The molecule has 1 aliphatic carbocycles. The van der Waals surface area contributed by atoms with Gasteiger partial charge < -0.3 is 9.47 Å². The standard InChI is InChI=1S/C24H26N2O5S2/c1-30-21-14-19(24(27)31-2)12-13-20(21)26(33(28)29)22-15-32-23(25-22)18-10-8-17(9-11-18)16-6-4-3-5-7-16/h8-16,33H,3-7H2,1-2H3. The van der Waals surface area contributed by atoms with Gasteiger partial charge in [-0.05, 0) is 42.5 Å². The zero-order valence-corrected chi connectivity index (χ0v) is 20.2. The summed E-state index contributed by atoms with van der Waals surface area (Å²) in [7, 11) is -0.362. The van der Waals surface area contributed by atoms with Crippen molar-refractivity contribution in [3.8, 4) is 16.3 Å². The molecule has 0 N–H and O–H groups in total. The number of anilines is 2. The number of methoxy groups -OCH3 is 2. The zero-order valence-electron chi connectivity index (χ0n) is 18.5. The Morgan fingerprint density at radius 3 is 2.42 bits per heavy atom. The molecule has 0 unspecified atom stereocenters. The van der Waals surface area contributed by atoms with Gasteiger partial charge in [0.05, 0.1) is 19.8 Å². The van der Waals surface area contributed by atoms with Gasteiger partial charge in [0, 0.05) is 10.9 Å². The van der Waals surface area contributed by atoms with Gasteiger partial charge in [-0.1, -0.05) is 43.5 Å². The fourth-order valence-corrected chi connectivity index (χ4v) is 5.70. The minimum atomic E-state index is -3.06. The van der Waals surface area contributed by atoms with Gasteiger partial charge in [-0.3, -0.25) is 0 Å². The number of rotatable bonds is 7. The van der Waals surface area contributed by atoms with Gasteiger partial charge >= 0.3 is 5.97 Å². The molecular formula is C24H26N2O5S2. The van der Waals surface area contributed by atoms with Gasteiger partial charge in [-0.15, -0.1) is 11.3 Å². The van der Waals surface area contributed by atoms with Gasteiger partial charge in [0.1, 0.15) is 16.4 Å². The quantitative estimate of drug-likeness (QED) is 0.359. The largest absolute Gasteiger partial charge is 0.495 e. The second-order valence-electron chi connectivity index (χ2n) is 7.90. The van der Waals surface area contributed by atoms with Crippen LogP contribution in [0.3, 0.4) is 0 Å². The maximum Gasteiger partial charge on any atom is 0.337 e. The lowest BCUT2D eigenvalue weighted by atomic mass is 9.84. The SMILES string of the molecule is COC(=O)c1ccc(N(c2csc(-c3ccc(C4CCCCC4)cc3)n2)[SH](=O)=O)c(OC)c1. The van der Waals surface area contributed by atoms with Crippen molar-refractivity contribution in [2.45, 2.75) is 38.0 Å². The summed E-state index contributed by atoms with van der Waals surface area (Å²) >= 11 is 1.37. The van der Waals surface area contributed by atoms with Gasteiger partial charge in [-0.2, -0.15) is 0 Å². The predicted molar refractivity (Wildman–Crippen MR) is 130 cm³/mol. The first-order chi connectivity index (χ1) is 16.0. The van der Waals surface area contributed by atoms with Crippen LogP contribution in [0.1, 0.15) is 53.9 Å². The molecule has 174 valence electrons. The molecule has 0 saturated heterocycles. The maximum absolute atomic E-state index is 12.2. The Kier molecular flexibility index (Phi) is 7.29. The van der Waals surface area contributed by atoms with Crippen LogP contribution >= 0.6 is 11.3 Å². The van der Waals surface area contributed by atoms with Crippen LogP contribution in [0.2, 0.25) is 0 Å². The highest BCUT2D eigenvalue weighted by Crippen LogP contribution is 2.38. The first kappa shape index (κ1) is 23.3. The summed E-state index contributed by atoms with van der Waals surface area (Å²) in [6.07, 6.45) is 6.38. The van der Waals surface area contributed by atoms with Crippen LogP contribution in [0, 0.1) is 0 Å². The molecule has 33 heavy (non-hydrogen) atoms. The summed E-state index contributed by atoms with van der Waals surface area (Å²) < 4.78 is 35.6. The molecule has 0 bridgehead atoms. The number of nitrogens with zero attached hydrogens (tertiary/aromatic N) is 2. The Morgan fingerprint density at radius 1 is 1.06 bits per heavy atom. The summed E-state index contributed by atoms with van der Waals surface area (Å²) in [4.78, 5) is 16.4. The van der Waals surface area contributed by atoms with E-state index < -0.39 is 16.9 Å². The second-order valence-corrected chi connectivity index (χ2v) is 9.63. The van der Waals surface area contributed by atoms with E-state index in [-0.39, 0.29) is 22.8 Å². The average Bonchev–Trinajstić information content (AvgIpc) is 3.34. The van der Waals surface area contributed by atoms with Crippen LogP contribution < -0.4 is 9.04 Å². The molecule has 7 nitrogen and oxygen atoms in total. The van der Waals surface area contributed by atoms with Gasteiger partial charge in [0.15, 0.2) is 5.82 Å². The third kappa shape index (κ3) is 5.04. The van der Waals surface area contributed by atoms with E-state index in [0.717, 1.165) is 14.9 Å². The number of ether oxygens (including phenoxy) is 2. The second kappa shape index (κ2) is 10.4. The highest BCUT2D eigenvalue weighted by molar-refractivity contribution is 7.74. The Morgan fingerprint density at radius 2 is 1.79 bits per heavy atom. The summed E-state index contributed by atoms with van der Waals surface area (Å²) in [5, 5.41) is 2.43. The van der Waals surface area contributed by atoms with Crippen molar-refractivity contribution in [2.75, 3.05) is 18.5 Å². The van der Waals surface area contributed by atoms with Crippen LogP contribution in [0.25, 0.3) is 10.6 Å². The van der Waals surface area contributed by atoms with Crippen molar-refractivity contribution >= 4 is 39.7 Å². The average molecular weight is 487 g/mol. The molecule has 1 saturated carbocycles. The number of carbonyl (C=O) groups is 1. The lowest BCUT2D eigenvalue weighted by Crippen LogP contribution is -2.16. The Hall–Kier alpha value is -2.91. The maximum atomic E-state index is 12.2. The minimum Gasteiger partial charge on any atom is -0.495 e. The summed E-state index contributed by atoms with van der Waals surface area (Å²) in [6.45, 7) is 0. The molecule has 1 aliphatic rings. The monoisotopic (exact) mass is 486 g/mol. The molecule has 1 aromatic heterocycles. The molecule has 4 rings (SSSR count). The molecular weight excluding hydrogens is 460 g/mol. The summed E-state index contributed by atoms with van der Waals surface area (Å²) in [5.74, 6) is 0.584. The number of aromatic nitrogens is 1. The number of hydrogen-bond acceptors (Lipinski definition) is 7. The summed E-state index contributed by atoms with van der Waals surface area (Å²) in [6, 6.07) is 12.9. The topological polar surface area (TPSA) is 85.8 Å². The fraction of sp³-hybridized carbons (Fsp3) is 0.333. The third-order valence-electron chi connectivity index (χ3n) is 5.94. The lowest BCUT2D eigenvalue weighted by Gasteiger charge is -2.22. The van der Waals surface area contributed by atoms with Crippen LogP contribution in [0.5, 0.6) is 5.75 Å². The molecule has 0 aliphatic heterocycles. The Balaban J connectivity index is 1.62. The van der Waals surface area contributed by atoms with E-state index in [4.69, 9.17) is 9.47 Å². The van der Waals surface area contributed by atoms with E-state index in [9.17, 15) is 13.2 Å². The number of carbonyl (C=O) groups excluding carboxylic acids is 1. The molecule has 2 aromatic carbocycles. The molecule has 0 atom stereocenters. The molecule has 3 aromatic rings. The smallest absolute Gasteiger partial charge is 0.337 e. The molecule has 0 radical (unpaired) electrons. The molecule has 0 amide bonds. The van der Waals surface area contributed by atoms with Crippen molar-refractivity contribution in [1.29, 1.82) is 0 Å². The number of thiol groups is 1. The molecule has 9 heteroatoms. The molecule has 1 fully saturated rings. The number of hydrogen-bond donors (Lipinski definition) is 1. The summed E-state index contributed by atoms with van der Waals surface area (Å²) in [5.41, 5.74) is 2.83. The predicted octanol–water partition coefficient (Wildman–Crippen LogP) is 5.32. The lowest BCUT2D eigenvalue weighted by molar-refractivity contribution is 0.0600. The van der Waals surface area contributed by atoms with E-state index in [1.807, 2.05) is 0 Å². The number of benzene rings is 2. The highest BCUT2D eigenvalue weighted by Gasteiger charge is 2.22. The van der Waals surface area contributed by atoms with Crippen LogP contribution in [0.4, 0.5) is 11.5 Å². The first-order valence-corrected chi connectivity index (χ1v) is 12.8. The van der Waals surface area contributed by atoms with Crippen molar-refractivity contribution in [2.24, 2.45) is 0 Å². The van der Waals surface area contributed by atoms with Crippen LogP contribution in [0.15, 0.2) is 47.8 Å².